The largest absolute Gasteiger partial charge is 0.377 e. The average molecular weight is 1290 g/mol. The molecule has 1 aliphatic heterocycles. The number of rotatable bonds is 45. The van der Waals surface area contributed by atoms with Gasteiger partial charge >= 0.3 is 0 Å². The molecular weight excluding hydrogens is 1190 g/mol. The van der Waals surface area contributed by atoms with Crippen molar-refractivity contribution in [2.75, 3.05) is 72.2 Å². The summed E-state index contributed by atoms with van der Waals surface area (Å²) in [5, 5.41) is 64.9. The fraction of sp³-hybridized carbons (Fsp3) is 0.750. The van der Waals surface area contributed by atoms with E-state index in [4.69, 9.17) is 65.5 Å². The lowest BCUT2D eigenvalue weighted by atomic mass is 10.0. The summed E-state index contributed by atoms with van der Waals surface area (Å²) in [4.78, 5) is 138. The maximum absolute atomic E-state index is 14.7. The molecule has 0 aromatic rings. The molecule has 0 aromatic carbocycles. The molecule has 29 N–H and O–H groups in total. The van der Waals surface area contributed by atoms with Crippen LogP contribution in [0.3, 0.4) is 0 Å². The van der Waals surface area contributed by atoms with Crippen LogP contribution >= 0.6 is 0 Å². The second-order valence-electron chi connectivity index (χ2n) is 22.0. The number of guanidine groups is 4. The minimum atomic E-state index is -1.61. The molecule has 1 heterocycles. The number of carbonyl (C=O) groups is 10. The zero-order valence-corrected chi connectivity index (χ0v) is 52.9. The maximum Gasteiger partial charge on any atom is 0.246 e. The van der Waals surface area contributed by atoms with E-state index < -0.39 is 114 Å². The highest BCUT2D eigenvalue weighted by atomic mass is 16.5. The van der Waals surface area contributed by atoms with E-state index in [0.717, 1.165) is 38.5 Å². The van der Waals surface area contributed by atoms with Crippen molar-refractivity contribution in [2.24, 2.45) is 34.4 Å². The van der Waals surface area contributed by atoms with Gasteiger partial charge in [0, 0.05) is 52.1 Å². The van der Waals surface area contributed by atoms with Crippen LogP contribution in [0.4, 0.5) is 0 Å². The van der Waals surface area contributed by atoms with Crippen LogP contribution in [-0.4, -0.2) is 197 Å². The highest BCUT2D eigenvalue weighted by molar-refractivity contribution is 5.98. The van der Waals surface area contributed by atoms with E-state index in [1.54, 1.807) is 0 Å². The Labute approximate surface area is 533 Å². The van der Waals surface area contributed by atoms with Gasteiger partial charge in [-0.15, -0.1) is 0 Å². The van der Waals surface area contributed by atoms with Crippen molar-refractivity contribution in [3.8, 4) is 0 Å². The third-order valence-electron chi connectivity index (χ3n) is 14.2. The standard InChI is InChI=1S/C56H107N23O12/c1-2-3-4-5-6-7-8-11-26-67-43(80)23-21-41-51(88)77-39(19-14-29-71-55(63)64)49(86)75-37(17-12-27-69-53(59)60)47(84)74-38(18-13-28-70-54(61)62)48(85)76-40(20-15-30-72-56(65)66)50(87)78-42(52(89)79-41)22-24-44(81)68-31-32-90-33-34-91-35-45(82)73-36(46(58)83)16-9-10-25-57/h36-42H,2-35,57H2,1H3,(H2,58,83)(H,67,80)(H,68,81)(H,73,82)(H,74,84)(H,75,86)(H,76,85)(H,77,88)(H,78,87)(H,79,89)(H4,59,60,69)(H4,61,62,70)(H4,63,64,71)(H4,65,66,72)/t36?,37-,38-,39-,40?,41-,42-/m0/s1. The van der Waals surface area contributed by atoms with Gasteiger partial charge in [-0.05, 0) is 96.4 Å². The molecule has 10 amide bonds. The first kappa shape index (κ1) is 80.7. The molecule has 0 saturated carbocycles. The fourth-order valence-electron chi connectivity index (χ4n) is 9.24. The Bertz CT molecular complexity index is 2300. The number of ether oxygens (including phenoxy) is 2. The highest BCUT2D eigenvalue weighted by Gasteiger charge is 2.35. The summed E-state index contributed by atoms with van der Waals surface area (Å²) in [7, 11) is 0. The Kier molecular flexibility index (Phi) is 43.8. The molecule has 0 aliphatic carbocycles. The number of carbonyl (C=O) groups excluding carboxylic acids is 10. The number of amides is 10. The molecule has 1 rings (SSSR count). The Morgan fingerprint density at radius 1 is 0.407 bits per heavy atom. The Morgan fingerprint density at radius 3 is 1.09 bits per heavy atom. The van der Waals surface area contributed by atoms with E-state index in [1.165, 1.54) is 6.42 Å². The van der Waals surface area contributed by atoms with Gasteiger partial charge in [-0.3, -0.25) is 69.6 Å². The number of hydrogen-bond donors (Lipinski definition) is 23. The SMILES string of the molecule is CCCCCCCCCCNC(=O)CC[C@@H]1NC(=O)[C@H](CCC(=O)NCCOCCOCC(=O)NC(CCCCN)C(N)=O)NC(=O)C(CCCNC(=N)N)NC(=O)[C@H](CCCNC(=N)N)NC(=O)[C@H](CCCNC(=N)N)NC(=O)[C@H](CCCNC(=N)N)NC1=O. The summed E-state index contributed by atoms with van der Waals surface area (Å²) in [6.07, 6.45) is 8.39. The molecule has 7 atom stereocenters. The summed E-state index contributed by atoms with van der Waals surface area (Å²) < 4.78 is 10.9. The number of unbranched alkanes of at least 4 members (excludes halogenated alkanes) is 8. The zero-order valence-electron chi connectivity index (χ0n) is 52.9. The second kappa shape index (κ2) is 49.4. The smallest absolute Gasteiger partial charge is 0.246 e. The molecule has 2 unspecified atom stereocenters. The van der Waals surface area contributed by atoms with Gasteiger partial charge < -0.3 is 113 Å². The highest BCUT2D eigenvalue weighted by Crippen LogP contribution is 2.12. The molecular formula is C56H107N23O12. The molecule has 0 radical (unpaired) electrons. The quantitative estimate of drug-likeness (QED) is 0.0154. The van der Waals surface area contributed by atoms with Crippen molar-refractivity contribution in [1.29, 1.82) is 21.6 Å². The minimum absolute atomic E-state index is 0.0135. The summed E-state index contributed by atoms with van der Waals surface area (Å²) in [6, 6.07) is -9.81. The van der Waals surface area contributed by atoms with Crippen LogP contribution < -0.4 is 104 Å². The summed E-state index contributed by atoms with van der Waals surface area (Å²) in [5.41, 5.74) is 32.9. The first-order chi connectivity index (χ1) is 43.5. The lowest BCUT2D eigenvalue weighted by molar-refractivity contribution is -0.137. The van der Waals surface area contributed by atoms with E-state index in [-0.39, 0.29) is 147 Å². The Morgan fingerprint density at radius 2 is 0.736 bits per heavy atom. The molecule has 0 aromatic heterocycles. The molecule has 0 bridgehead atoms. The minimum Gasteiger partial charge on any atom is -0.377 e. The van der Waals surface area contributed by atoms with Gasteiger partial charge in [-0.25, -0.2) is 0 Å². The molecule has 1 fully saturated rings. The van der Waals surface area contributed by atoms with Crippen LogP contribution in [0.1, 0.15) is 155 Å². The third-order valence-corrected chi connectivity index (χ3v) is 14.2. The third kappa shape index (κ3) is 40.8. The molecule has 35 heteroatoms. The van der Waals surface area contributed by atoms with Crippen molar-refractivity contribution in [3.63, 3.8) is 0 Å². The van der Waals surface area contributed by atoms with Crippen molar-refractivity contribution in [3.05, 3.63) is 0 Å². The topological polar surface area (TPSA) is 597 Å². The first-order valence-electron chi connectivity index (χ1n) is 31.6. The lowest BCUT2D eigenvalue weighted by Gasteiger charge is -2.29. The molecule has 1 aliphatic rings. The van der Waals surface area contributed by atoms with Crippen LogP contribution in [0, 0.1) is 21.6 Å². The molecule has 91 heavy (non-hydrogen) atoms. The maximum atomic E-state index is 14.7. The van der Waals surface area contributed by atoms with E-state index >= 15 is 0 Å². The first-order valence-corrected chi connectivity index (χ1v) is 31.6. The molecule has 518 valence electrons. The van der Waals surface area contributed by atoms with Gasteiger partial charge in [-0.2, -0.15) is 0 Å². The molecule has 0 spiro atoms. The summed E-state index contributed by atoms with van der Waals surface area (Å²) in [6.45, 7) is 2.76. The predicted molar refractivity (Wildman–Crippen MR) is 341 cm³/mol. The van der Waals surface area contributed by atoms with Crippen molar-refractivity contribution < 1.29 is 57.4 Å². The van der Waals surface area contributed by atoms with E-state index in [0.29, 0.717) is 38.8 Å². The van der Waals surface area contributed by atoms with Crippen molar-refractivity contribution in [1.82, 2.24) is 69.1 Å². The monoisotopic (exact) mass is 1290 g/mol. The van der Waals surface area contributed by atoms with Gasteiger partial charge in [0.05, 0.1) is 19.8 Å². The summed E-state index contributed by atoms with van der Waals surface area (Å²) >= 11 is 0. The van der Waals surface area contributed by atoms with Crippen LogP contribution in [0.5, 0.6) is 0 Å². The molecule has 35 nitrogen and oxygen atoms in total. The lowest BCUT2D eigenvalue weighted by Crippen LogP contribution is -2.61. The number of nitrogens with one attached hydrogen (secondary N) is 17. The number of hydrogen-bond acceptors (Lipinski definition) is 17. The van der Waals surface area contributed by atoms with Crippen LogP contribution in [-0.2, 0) is 57.4 Å². The van der Waals surface area contributed by atoms with Gasteiger partial charge in [0.25, 0.3) is 0 Å². The Hall–Kier alpha value is -8.34. The van der Waals surface area contributed by atoms with Crippen molar-refractivity contribution >= 4 is 82.9 Å². The zero-order chi connectivity index (χ0) is 67.8. The van der Waals surface area contributed by atoms with Gasteiger partial charge in [0.15, 0.2) is 23.8 Å². The van der Waals surface area contributed by atoms with Gasteiger partial charge in [0.1, 0.15) is 48.9 Å². The van der Waals surface area contributed by atoms with Crippen LogP contribution in [0.25, 0.3) is 0 Å². The fourth-order valence-corrected chi connectivity index (χ4v) is 9.24. The van der Waals surface area contributed by atoms with E-state index in [2.05, 4.69) is 76.0 Å². The van der Waals surface area contributed by atoms with Crippen molar-refractivity contribution in [2.45, 2.75) is 197 Å². The van der Waals surface area contributed by atoms with Crippen LogP contribution in [0.2, 0.25) is 0 Å². The van der Waals surface area contributed by atoms with E-state index in [1.807, 2.05) is 0 Å². The second-order valence-corrected chi connectivity index (χ2v) is 22.0. The number of primary amides is 1. The average Bonchev–Trinajstić information content (AvgIpc) is 1.48. The predicted octanol–water partition coefficient (Wildman–Crippen LogP) is -4.97. The van der Waals surface area contributed by atoms with Crippen LogP contribution in [0.15, 0.2) is 0 Å². The normalized spacial score (nSPS) is 18.6. The Balaban J connectivity index is 3.75. The number of nitrogens with two attached hydrogens (primary N) is 6. The van der Waals surface area contributed by atoms with E-state index in [9.17, 15) is 47.9 Å². The molecule has 1 saturated heterocycles. The summed E-state index contributed by atoms with van der Waals surface area (Å²) in [5.74, 6) is -9.27. The van der Waals surface area contributed by atoms with Gasteiger partial charge in [-0.1, -0.05) is 51.9 Å². The van der Waals surface area contributed by atoms with Gasteiger partial charge in [0.2, 0.25) is 59.1 Å².